The van der Waals surface area contributed by atoms with Crippen molar-refractivity contribution < 1.29 is 9.50 Å². The summed E-state index contributed by atoms with van der Waals surface area (Å²) in [5, 5.41) is 10.4. The molecule has 1 unspecified atom stereocenters. The second-order valence-corrected chi connectivity index (χ2v) is 5.31. The highest BCUT2D eigenvalue weighted by Crippen LogP contribution is 2.33. The van der Waals surface area contributed by atoms with E-state index in [9.17, 15) is 9.50 Å². The van der Waals surface area contributed by atoms with Crippen molar-refractivity contribution in [2.24, 2.45) is 0 Å². The lowest BCUT2D eigenvalue weighted by molar-refractivity contribution is 0.00117. The molecule has 2 rings (SSSR count). The van der Waals surface area contributed by atoms with E-state index in [1.165, 1.54) is 25.0 Å². The molecule has 2 nitrogen and oxygen atoms in total. The van der Waals surface area contributed by atoms with Crippen LogP contribution < -0.4 is 0 Å². The van der Waals surface area contributed by atoms with Crippen molar-refractivity contribution in [3.8, 4) is 0 Å². The van der Waals surface area contributed by atoms with E-state index < -0.39 is 6.10 Å². The quantitative estimate of drug-likeness (QED) is 0.873. The van der Waals surface area contributed by atoms with Crippen molar-refractivity contribution in [3.63, 3.8) is 0 Å². The number of rotatable bonds is 3. The van der Waals surface area contributed by atoms with Crippen LogP contribution in [0.4, 0.5) is 4.39 Å². The van der Waals surface area contributed by atoms with Crippen molar-refractivity contribution in [1.29, 1.82) is 0 Å². The van der Waals surface area contributed by atoms with Crippen molar-refractivity contribution >= 4 is 0 Å². The molecule has 1 aliphatic rings. The van der Waals surface area contributed by atoms with Gasteiger partial charge in [-0.1, -0.05) is 12.1 Å². The van der Waals surface area contributed by atoms with Gasteiger partial charge in [0.25, 0.3) is 0 Å². The maximum absolute atomic E-state index is 13.2. The Labute approximate surface area is 102 Å². The van der Waals surface area contributed by atoms with Gasteiger partial charge in [0.15, 0.2) is 0 Å². The van der Waals surface area contributed by atoms with E-state index in [0.29, 0.717) is 5.56 Å². The fourth-order valence-electron chi connectivity index (χ4n) is 2.55. The summed E-state index contributed by atoms with van der Waals surface area (Å²) >= 11 is 0. The highest BCUT2D eigenvalue weighted by atomic mass is 19.1. The number of aliphatic hydroxyl groups is 1. The number of nitrogens with zero attached hydrogens (tertiary/aromatic N) is 1. The first-order chi connectivity index (χ1) is 8.01. The Hall–Kier alpha value is -0.930. The van der Waals surface area contributed by atoms with E-state index in [1.54, 1.807) is 12.1 Å². The molecule has 0 spiro atoms. The van der Waals surface area contributed by atoms with Crippen LogP contribution in [-0.4, -0.2) is 28.6 Å². The molecule has 1 aliphatic heterocycles. The van der Waals surface area contributed by atoms with Crippen LogP contribution in [0.5, 0.6) is 0 Å². The second-order valence-electron chi connectivity index (χ2n) is 5.31. The van der Waals surface area contributed by atoms with Gasteiger partial charge in [0, 0.05) is 5.54 Å². The average molecular weight is 237 g/mol. The lowest BCUT2D eigenvalue weighted by Gasteiger charge is -2.39. The van der Waals surface area contributed by atoms with Crippen LogP contribution in [0.15, 0.2) is 24.3 Å². The summed E-state index contributed by atoms with van der Waals surface area (Å²) in [6, 6.07) is 6.25. The lowest BCUT2D eigenvalue weighted by Crippen LogP contribution is -2.46. The van der Waals surface area contributed by atoms with E-state index in [1.807, 2.05) is 13.8 Å². The molecule has 0 amide bonds. The molecule has 1 N–H and O–H groups in total. The molecule has 1 heterocycles. The van der Waals surface area contributed by atoms with E-state index in [4.69, 9.17) is 0 Å². The summed E-state index contributed by atoms with van der Waals surface area (Å²) in [7, 11) is 0. The van der Waals surface area contributed by atoms with Crippen LogP contribution in [0.25, 0.3) is 0 Å². The third-order valence-electron chi connectivity index (χ3n) is 3.75. The maximum atomic E-state index is 13.2. The van der Waals surface area contributed by atoms with Crippen molar-refractivity contribution in [2.45, 2.75) is 38.3 Å². The standard InChI is InChI=1S/C14H20FNO/c1-14(2,16-8-3-4-9-16)13(17)11-6-5-7-12(15)10-11/h5-7,10,13,17H,3-4,8-9H2,1-2H3. The average Bonchev–Trinajstić information content (AvgIpc) is 2.82. The van der Waals surface area contributed by atoms with Crippen LogP contribution >= 0.6 is 0 Å². The van der Waals surface area contributed by atoms with Gasteiger partial charge in [-0.15, -0.1) is 0 Å². The number of halogens is 1. The largest absolute Gasteiger partial charge is 0.386 e. The Morgan fingerprint density at radius 2 is 1.94 bits per heavy atom. The molecule has 1 fully saturated rings. The van der Waals surface area contributed by atoms with Gasteiger partial charge in [-0.25, -0.2) is 4.39 Å². The molecule has 0 saturated carbocycles. The molecule has 0 bridgehead atoms. The van der Waals surface area contributed by atoms with Gasteiger partial charge in [0.05, 0.1) is 6.10 Å². The zero-order valence-corrected chi connectivity index (χ0v) is 10.5. The molecule has 17 heavy (non-hydrogen) atoms. The number of hydrogen-bond acceptors (Lipinski definition) is 2. The van der Waals surface area contributed by atoms with E-state index in [2.05, 4.69) is 4.90 Å². The molecule has 0 radical (unpaired) electrons. The van der Waals surface area contributed by atoms with E-state index in [-0.39, 0.29) is 11.4 Å². The molecule has 3 heteroatoms. The molecule has 0 aromatic heterocycles. The highest BCUT2D eigenvalue weighted by Gasteiger charge is 2.36. The van der Waals surface area contributed by atoms with Crippen LogP contribution in [0.2, 0.25) is 0 Å². The molecule has 0 aliphatic carbocycles. The van der Waals surface area contributed by atoms with Gasteiger partial charge < -0.3 is 5.11 Å². The van der Waals surface area contributed by atoms with Crippen molar-refractivity contribution in [2.75, 3.05) is 13.1 Å². The maximum Gasteiger partial charge on any atom is 0.123 e. The first-order valence-electron chi connectivity index (χ1n) is 6.20. The summed E-state index contributed by atoms with van der Waals surface area (Å²) in [5.41, 5.74) is 0.312. The minimum Gasteiger partial charge on any atom is -0.386 e. The summed E-state index contributed by atoms with van der Waals surface area (Å²) < 4.78 is 13.2. The van der Waals surface area contributed by atoms with Crippen LogP contribution in [0.1, 0.15) is 38.4 Å². The van der Waals surface area contributed by atoms with Gasteiger partial charge in [-0.3, -0.25) is 4.90 Å². The number of aliphatic hydroxyl groups excluding tert-OH is 1. The fourth-order valence-corrected chi connectivity index (χ4v) is 2.55. The lowest BCUT2D eigenvalue weighted by atomic mass is 9.89. The minimum absolute atomic E-state index is 0.293. The predicted molar refractivity (Wildman–Crippen MR) is 66.2 cm³/mol. The van der Waals surface area contributed by atoms with Gasteiger partial charge in [-0.05, 0) is 57.5 Å². The van der Waals surface area contributed by atoms with E-state index in [0.717, 1.165) is 13.1 Å². The monoisotopic (exact) mass is 237 g/mol. The third-order valence-corrected chi connectivity index (χ3v) is 3.75. The van der Waals surface area contributed by atoms with Gasteiger partial charge >= 0.3 is 0 Å². The molecular formula is C14H20FNO. The highest BCUT2D eigenvalue weighted by molar-refractivity contribution is 5.22. The molecular weight excluding hydrogens is 217 g/mol. The predicted octanol–water partition coefficient (Wildman–Crippen LogP) is 2.73. The molecule has 1 saturated heterocycles. The SMILES string of the molecule is CC(C)(C(O)c1cccc(F)c1)N1CCCC1. The number of likely N-dealkylation sites (tertiary alicyclic amines) is 1. The van der Waals surface area contributed by atoms with Crippen LogP contribution in [0.3, 0.4) is 0 Å². The fraction of sp³-hybridized carbons (Fsp3) is 0.571. The zero-order valence-electron chi connectivity index (χ0n) is 10.5. The Kier molecular flexibility index (Phi) is 3.50. The first kappa shape index (κ1) is 12.5. The Morgan fingerprint density at radius 3 is 2.53 bits per heavy atom. The van der Waals surface area contributed by atoms with Crippen molar-refractivity contribution in [3.05, 3.63) is 35.6 Å². The minimum atomic E-state index is -0.656. The molecule has 1 aromatic carbocycles. The smallest absolute Gasteiger partial charge is 0.123 e. The zero-order chi connectivity index (χ0) is 12.5. The third kappa shape index (κ3) is 2.50. The first-order valence-corrected chi connectivity index (χ1v) is 6.20. The molecule has 94 valence electrons. The second kappa shape index (κ2) is 4.75. The van der Waals surface area contributed by atoms with Gasteiger partial charge in [0.1, 0.15) is 5.82 Å². The van der Waals surface area contributed by atoms with Crippen LogP contribution in [0, 0.1) is 5.82 Å². The molecule has 1 aromatic rings. The number of benzene rings is 1. The summed E-state index contributed by atoms with van der Waals surface area (Å²) in [4.78, 5) is 2.28. The summed E-state index contributed by atoms with van der Waals surface area (Å²) in [5.74, 6) is -0.293. The molecule has 1 atom stereocenters. The summed E-state index contributed by atoms with van der Waals surface area (Å²) in [6.07, 6.45) is 1.70. The van der Waals surface area contributed by atoms with Crippen LogP contribution in [-0.2, 0) is 0 Å². The topological polar surface area (TPSA) is 23.5 Å². The Morgan fingerprint density at radius 1 is 1.29 bits per heavy atom. The Bertz CT molecular complexity index is 386. The van der Waals surface area contributed by atoms with Crippen molar-refractivity contribution in [1.82, 2.24) is 4.90 Å². The number of hydrogen-bond donors (Lipinski definition) is 1. The van der Waals surface area contributed by atoms with Gasteiger partial charge in [0.2, 0.25) is 0 Å². The van der Waals surface area contributed by atoms with Gasteiger partial charge in [-0.2, -0.15) is 0 Å². The summed E-state index contributed by atoms with van der Waals surface area (Å²) in [6.45, 7) is 6.07. The Balaban J connectivity index is 2.20. The van der Waals surface area contributed by atoms with E-state index >= 15 is 0 Å². The normalized spacial score (nSPS) is 19.5.